The molecular formula is C44H64O7. The fourth-order valence-corrected chi connectivity index (χ4v) is 6.60. The van der Waals surface area contributed by atoms with Crippen LogP contribution in [-0.4, -0.2) is 38.5 Å². The Balaban J connectivity index is 0.000000345. The van der Waals surface area contributed by atoms with E-state index in [2.05, 4.69) is 46.1 Å². The lowest BCUT2D eigenvalue weighted by atomic mass is 9.77. The number of rotatable bonds is 17. The lowest BCUT2D eigenvalue weighted by Gasteiger charge is -2.29. The van der Waals surface area contributed by atoms with Crippen molar-refractivity contribution in [3.8, 4) is 17.2 Å². The number of benzene rings is 2. The zero-order chi connectivity index (χ0) is 37.3. The number of hydrogen-bond donors (Lipinski definition) is 0. The van der Waals surface area contributed by atoms with Gasteiger partial charge in [0, 0.05) is 17.6 Å². The molecule has 0 saturated heterocycles. The molecular weight excluding hydrogens is 640 g/mol. The third-order valence-electron chi connectivity index (χ3n) is 9.55. The summed E-state index contributed by atoms with van der Waals surface area (Å²) in [6.07, 6.45) is 20.0. The maximum atomic E-state index is 12.6. The third-order valence-corrected chi connectivity index (χ3v) is 9.55. The Bertz CT molecular complexity index is 1290. The summed E-state index contributed by atoms with van der Waals surface area (Å²) in [5.74, 6) is 3.29. The molecule has 7 heteroatoms. The van der Waals surface area contributed by atoms with Crippen molar-refractivity contribution in [3.05, 3.63) is 72.8 Å². The monoisotopic (exact) mass is 704 g/mol. The molecule has 0 spiro atoms. The maximum absolute atomic E-state index is 12.6. The van der Waals surface area contributed by atoms with Gasteiger partial charge in [-0.05, 0) is 131 Å². The van der Waals surface area contributed by atoms with E-state index in [1.54, 1.807) is 13.2 Å². The topological polar surface area (TPSA) is 88.1 Å². The van der Waals surface area contributed by atoms with Crippen LogP contribution in [0.25, 0.3) is 6.08 Å². The van der Waals surface area contributed by atoms with Crippen LogP contribution in [0.2, 0.25) is 0 Å². The van der Waals surface area contributed by atoms with E-state index in [0.29, 0.717) is 24.9 Å². The highest BCUT2D eigenvalue weighted by molar-refractivity contribution is 5.81. The zero-order valence-corrected chi connectivity index (χ0v) is 31.9. The summed E-state index contributed by atoms with van der Waals surface area (Å²) in [5.41, 5.74) is 2.25. The smallest absolute Gasteiger partial charge is 0.330 e. The average Bonchev–Trinajstić information content (AvgIpc) is 3.17. The number of unbranched alkanes of at least 4 members (excludes halogenated alkanes) is 3. The molecule has 2 fully saturated rings. The van der Waals surface area contributed by atoms with Crippen LogP contribution < -0.4 is 14.2 Å². The fraction of sp³-hybridized carbons (Fsp3) is 0.568. The predicted octanol–water partition coefficient (Wildman–Crippen LogP) is 11.1. The van der Waals surface area contributed by atoms with Gasteiger partial charge in [0.1, 0.15) is 23.5 Å². The van der Waals surface area contributed by atoms with Crippen LogP contribution in [0.4, 0.5) is 0 Å². The van der Waals surface area contributed by atoms with Crippen molar-refractivity contribution in [1.82, 2.24) is 0 Å². The molecule has 0 amide bonds. The van der Waals surface area contributed by atoms with Crippen molar-refractivity contribution in [1.29, 1.82) is 0 Å². The lowest BCUT2D eigenvalue weighted by molar-refractivity contribution is -0.140. The standard InChI is InChI=1S/C25H34O3.C16H22O4.C3H8/c1-3-5-18-6-10-21(11-7-18)23-14-15-24(20(4-2)16-23)28-25(27)22-12-8-19(17-26)9-13-22;1-3-16(17)20-13-7-5-4-6-12-19-15-10-8-14(18-2)9-11-15;1-3-2/h4,14-19,21-22H,2-3,5-13H2,1H3;3,8-11H,1,4-7,12-13H2,2H3;3H2,1-2H3. The lowest BCUT2D eigenvalue weighted by Crippen LogP contribution is -2.26. The van der Waals surface area contributed by atoms with Crippen molar-refractivity contribution < 1.29 is 33.3 Å². The van der Waals surface area contributed by atoms with Crippen molar-refractivity contribution in [2.24, 2.45) is 17.8 Å². The molecule has 7 nitrogen and oxygen atoms in total. The van der Waals surface area contributed by atoms with Gasteiger partial charge in [-0.1, -0.05) is 65.3 Å². The largest absolute Gasteiger partial charge is 0.497 e. The molecule has 282 valence electrons. The molecule has 2 aromatic rings. The average molecular weight is 705 g/mol. The Morgan fingerprint density at radius 2 is 1.43 bits per heavy atom. The number of carbonyl (C=O) groups is 3. The van der Waals surface area contributed by atoms with E-state index in [9.17, 15) is 14.4 Å². The summed E-state index contributed by atoms with van der Waals surface area (Å²) in [4.78, 5) is 34.2. The van der Waals surface area contributed by atoms with Gasteiger partial charge in [0.2, 0.25) is 0 Å². The highest BCUT2D eigenvalue weighted by Crippen LogP contribution is 2.39. The van der Waals surface area contributed by atoms with Gasteiger partial charge in [-0.3, -0.25) is 4.79 Å². The number of aldehydes is 1. The second kappa shape index (κ2) is 26.0. The van der Waals surface area contributed by atoms with Crippen molar-refractivity contribution in [2.75, 3.05) is 20.3 Å². The quantitative estimate of drug-likeness (QED) is 0.0532. The maximum Gasteiger partial charge on any atom is 0.330 e. The summed E-state index contributed by atoms with van der Waals surface area (Å²) >= 11 is 0. The van der Waals surface area contributed by atoms with E-state index in [4.69, 9.17) is 18.9 Å². The van der Waals surface area contributed by atoms with Crippen LogP contribution in [0.1, 0.15) is 134 Å². The fourth-order valence-electron chi connectivity index (χ4n) is 6.60. The Morgan fingerprint density at radius 1 is 0.804 bits per heavy atom. The minimum Gasteiger partial charge on any atom is -0.497 e. The zero-order valence-electron chi connectivity index (χ0n) is 31.9. The minimum atomic E-state index is -0.354. The number of methoxy groups -OCH3 is 1. The molecule has 0 heterocycles. The summed E-state index contributed by atoms with van der Waals surface area (Å²) in [6, 6.07) is 13.8. The van der Waals surface area contributed by atoms with Gasteiger partial charge in [0.05, 0.1) is 26.2 Å². The van der Waals surface area contributed by atoms with E-state index in [0.717, 1.165) is 80.6 Å². The van der Waals surface area contributed by atoms with E-state index >= 15 is 0 Å². The Morgan fingerprint density at radius 3 is 2.00 bits per heavy atom. The molecule has 0 atom stereocenters. The highest BCUT2D eigenvalue weighted by atomic mass is 16.5. The SMILES string of the molecule is C=CC(=O)OCCCCCCOc1ccc(OC)cc1.C=Cc1cc(C2CCC(CCC)CC2)ccc1OC(=O)C1CCC(C=O)CC1.CCC. The molecule has 0 N–H and O–H groups in total. The molecule has 0 unspecified atom stereocenters. The summed E-state index contributed by atoms with van der Waals surface area (Å²) in [7, 11) is 1.64. The van der Waals surface area contributed by atoms with E-state index < -0.39 is 0 Å². The van der Waals surface area contributed by atoms with Crippen LogP contribution in [0, 0.1) is 17.8 Å². The molecule has 2 saturated carbocycles. The Hall–Kier alpha value is -3.87. The van der Waals surface area contributed by atoms with Crippen molar-refractivity contribution in [2.45, 2.75) is 123 Å². The van der Waals surface area contributed by atoms with Crippen LogP contribution in [0.3, 0.4) is 0 Å². The molecule has 0 bridgehead atoms. The van der Waals surface area contributed by atoms with Gasteiger partial charge in [0.25, 0.3) is 0 Å². The van der Waals surface area contributed by atoms with Gasteiger partial charge in [-0.2, -0.15) is 0 Å². The van der Waals surface area contributed by atoms with Gasteiger partial charge in [0.15, 0.2) is 0 Å². The first-order valence-corrected chi connectivity index (χ1v) is 19.3. The summed E-state index contributed by atoms with van der Waals surface area (Å²) < 4.78 is 21.3. The molecule has 2 aromatic carbocycles. The van der Waals surface area contributed by atoms with Crippen LogP contribution in [0.15, 0.2) is 61.7 Å². The molecule has 0 aromatic heterocycles. The number of esters is 2. The van der Waals surface area contributed by atoms with Crippen LogP contribution in [-0.2, 0) is 19.1 Å². The van der Waals surface area contributed by atoms with E-state index in [-0.39, 0.29) is 23.8 Å². The number of carbonyl (C=O) groups excluding carboxylic acids is 3. The van der Waals surface area contributed by atoms with Crippen LogP contribution in [0.5, 0.6) is 17.2 Å². The molecule has 0 radical (unpaired) electrons. The van der Waals surface area contributed by atoms with Crippen LogP contribution >= 0.6 is 0 Å². The molecule has 0 aliphatic heterocycles. The Kier molecular flexibility index (Phi) is 22.1. The van der Waals surface area contributed by atoms with Crippen molar-refractivity contribution >= 4 is 24.3 Å². The first-order chi connectivity index (χ1) is 24.8. The first-order valence-electron chi connectivity index (χ1n) is 19.3. The van der Waals surface area contributed by atoms with Crippen molar-refractivity contribution in [3.63, 3.8) is 0 Å². The molecule has 51 heavy (non-hydrogen) atoms. The summed E-state index contributed by atoms with van der Waals surface area (Å²) in [5, 5.41) is 0. The number of ether oxygens (including phenoxy) is 4. The van der Waals surface area contributed by atoms with Gasteiger partial charge in [-0.25, -0.2) is 4.79 Å². The first kappa shape index (κ1) is 43.3. The second-order valence-corrected chi connectivity index (χ2v) is 13.7. The van der Waals surface area contributed by atoms with E-state index in [1.165, 1.54) is 56.6 Å². The summed E-state index contributed by atoms with van der Waals surface area (Å²) in [6.45, 7) is 14.9. The van der Waals surface area contributed by atoms with Gasteiger partial charge < -0.3 is 23.7 Å². The normalized spacial score (nSPS) is 19.5. The minimum absolute atomic E-state index is 0.0950. The molecule has 4 rings (SSSR count). The predicted molar refractivity (Wildman–Crippen MR) is 207 cm³/mol. The van der Waals surface area contributed by atoms with Gasteiger partial charge >= 0.3 is 11.9 Å². The second-order valence-electron chi connectivity index (χ2n) is 13.7. The molecule has 2 aliphatic carbocycles. The third kappa shape index (κ3) is 16.8. The number of hydrogen-bond acceptors (Lipinski definition) is 7. The Labute approximate surface area is 308 Å². The van der Waals surface area contributed by atoms with Gasteiger partial charge in [-0.15, -0.1) is 0 Å². The molecule has 2 aliphatic rings. The highest BCUT2D eigenvalue weighted by Gasteiger charge is 2.28. The van der Waals surface area contributed by atoms with E-state index in [1.807, 2.05) is 30.3 Å².